The predicted molar refractivity (Wildman–Crippen MR) is 68.6 cm³/mol. The molecule has 0 saturated carbocycles. The van der Waals surface area contributed by atoms with E-state index in [1.807, 2.05) is 6.92 Å². The first-order valence-electron chi connectivity index (χ1n) is 5.92. The Bertz CT molecular complexity index is 331. The van der Waals surface area contributed by atoms with Crippen LogP contribution in [0.1, 0.15) is 40.0 Å². The van der Waals surface area contributed by atoms with Crippen molar-refractivity contribution in [2.24, 2.45) is 0 Å². The van der Waals surface area contributed by atoms with Gasteiger partial charge in [0.25, 0.3) is 0 Å². The van der Waals surface area contributed by atoms with Crippen molar-refractivity contribution in [2.45, 2.75) is 46.1 Å². The number of methoxy groups -OCH3 is 1. The average molecular weight is 238 g/mol. The lowest BCUT2D eigenvalue weighted by Gasteiger charge is -2.01. The molecule has 96 valence electrons. The lowest BCUT2D eigenvalue weighted by molar-refractivity contribution is -0.136. The van der Waals surface area contributed by atoms with Gasteiger partial charge in [0.1, 0.15) is 0 Å². The highest BCUT2D eigenvalue weighted by Gasteiger charge is 2.07. The summed E-state index contributed by atoms with van der Waals surface area (Å²) in [4.78, 5) is 11.5. The van der Waals surface area contributed by atoms with Gasteiger partial charge in [-0.3, -0.25) is 0 Å². The number of ether oxygens (including phenoxy) is 1. The molecule has 17 heavy (non-hydrogen) atoms. The molecule has 0 rings (SSSR count). The molecule has 0 fully saturated rings. The molecule has 3 heteroatoms. The van der Waals surface area contributed by atoms with Gasteiger partial charge in [-0.25, -0.2) is 4.79 Å². The van der Waals surface area contributed by atoms with Gasteiger partial charge in [-0.2, -0.15) is 0 Å². The maximum atomic E-state index is 11.5. The molecular weight excluding hydrogens is 216 g/mol. The second kappa shape index (κ2) is 8.80. The molecule has 0 aromatic rings. The monoisotopic (exact) mass is 238 g/mol. The highest BCUT2D eigenvalue weighted by molar-refractivity contribution is 5.88. The maximum absolute atomic E-state index is 11.5. The molecule has 0 radical (unpaired) electrons. The lowest BCUT2D eigenvalue weighted by atomic mass is 10.1. The molecule has 0 aromatic heterocycles. The minimum absolute atomic E-state index is 0.330. The van der Waals surface area contributed by atoms with E-state index in [4.69, 9.17) is 9.84 Å². The van der Waals surface area contributed by atoms with Crippen molar-refractivity contribution in [3.8, 4) is 0 Å². The number of carbonyl (C=O) groups is 1. The van der Waals surface area contributed by atoms with E-state index in [0.717, 1.165) is 18.4 Å². The molecule has 0 saturated heterocycles. The molecule has 3 nitrogen and oxygen atoms in total. The minimum Gasteiger partial charge on any atom is -0.465 e. The average Bonchev–Trinajstić information content (AvgIpc) is 2.30. The van der Waals surface area contributed by atoms with Crippen molar-refractivity contribution >= 4 is 5.97 Å². The van der Waals surface area contributed by atoms with Crippen LogP contribution in [0.5, 0.6) is 0 Å². The van der Waals surface area contributed by atoms with Gasteiger partial charge in [0.15, 0.2) is 0 Å². The summed E-state index contributed by atoms with van der Waals surface area (Å²) in [6.07, 6.45) is 5.53. The Morgan fingerprint density at radius 3 is 2.65 bits per heavy atom. The van der Waals surface area contributed by atoms with Gasteiger partial charge in [-0.1, -0.05) is 25.5 Å². The van der Waals surface area contributed by atoms with Crippen LogP contribution in [-0.2, 0) is 9.53 Å². The Kier molecular flexibility index (Phi) is 8.12. The number of aliphatic hydroxyl groups is 1. The van der Waals surface area contributed by atoms with Crippen molar-refractivity contribution in [1.82, 2.24) is 0 Å². The van der Waals surface area contributed by atoms with Crippen molar-refractivity contribution in [3.63, 3.8) is 0 Å². The summed E-state index contributed by atoms with van der Waals surface area (Å²) in [5.74, 6) is -0.330. The summed E-state index contributed by atoms with van der Waals surface area (Å²) in [6.45, 7) is 5.58. The standard InChI is InChI=1S/C14H22O3/c1-5-6-7-13(14(16)17-4)10-11(2)8-9-12(3)15/h8-9,12,15H,5-7H2,1-4H3/b9-8+/t10?,12-/m0/s1. The number of hydrogen-bond acceptors (Lipinski definition) is 3. The minimum atomic E-state index is -0.496. The second-order valence-electron chi connectivity index (χ2n) is 3.98. The lowest BCUT2D eigenvalue weighted by Crippen LogP contribution is -2.04. The van der Waals surface area contributed by atoms with E-state index in [1.165, 1.54) is 7.11 Å². The summed E-state index contributed by atoms with van der Waals surface area (Å²) >= 11 is 0. The summed E-state index contributed by atoms with van der Waals surface area (Å²) < 4.78 is 4.71. The molecular formula is C14H22O3. The second-order valence-corrected chi connectivity index (χ2v) is 3.98. The van der Waals surface area contributed by atoms with Gasteiger partial charge in [-0.15, -0.1) is 5.73 Å². The Hall–Kier alpha value is -1.31. The van der Waals surface area contributed by atoms with E-state index in [2.05, 4.69) is 12.7 Å². The zero-order chi connectivity index (χ0) is 13.3. The zero-order valence-electron chi connectivity index (χ0n) is 11.1. The van der Waals surface area contributed by atoms with Gasteiger partial charge >= 0.3 is 5.97 Å². The van der Waals surface area contributed by atoms with E-state index >= 15 is 0 Å². The SMILES string of the molecule is CCCCC(=C=C(C)/C=C/[C@H](C)O)C(=O)OC. The number of hydrogen-bond donors (Lipinski definition) is 1. The fourth-order valence-electron chi connectivity index (χ4n) is 1.26. The molecule has 0 aliphatic heterocycles. The molecule has 1 N–H and O–H groups in total. The first-order valence-corrected chi connectivity index (χ1v) is 5.92. The maximum Gasteiger partial charge on any atom is 0.341 e. The van der Waals surface area contributed by atoms with Crippen LogP contribution >= 0.6 is 0 Å². The van der Waals surface area contributed by atoms with Gasteiger partial charge in [0.05, 0.1) is 18.8 Å². The fourth-order valence-corrected chi connectivity index (χ4v) is 1.26. The van der Waals surface area contributed by atoms with E-state index in [1.54, 1.807) is 19.1 Å². The molecule has 0 aromatic carbocycles. The van der Waals surface area contributed by atoms with Crippen LogP contribution < -0.4 is 0 Å². The fraction of sp³-hybridized carbons (Fsp3) is 0.571. The highest BCUT2D eigenvalue weighted by atomic mass is 16.5. The third-order valence-corrected chi connectivity index (χ3v) is 2.18. The molecule has 1 atom stereocenters. The van der Waals surface area contributed by atoms with E-state index in [9.17, 15) is 4.79 Å². The third-order valence-electron chi connectivity index (χ3n) is 2.18. The van der Waals surface area contributed by atoms with Gasteiger partial charge < -0.3 is 9.84 Å². The largest absolute Gasteiger partial charge is 0.465 e. The zero-order valence-corrected chi connectivity index (χ0v) is 11.1. The Labute approximate surface area is 103 Å². The summed E-state index contributed by atoms with van der Waals surface area (Å²) in [6, 6.07) is 0. The quantitative estimate of drug-likeness (QED) is 0.335. The number of allylic oxidation sites excluding steroid dienone is 1. The normalized spacial score (nSPS) is 12.1. The van der Waals surface area contributed by atoms with Crippen LogP contribution in [0.3, 0.4) is 0 Å². The molecule has 0 heterocycles. The molecule has 0 aliphatic rings. The number of rotatable bonds is 6. The van der Waals surface area contributed by atoms with Crippen molar-refractivity contribution in [2.75, 3.05) is 7.11 Å². The number of carbonyl (C=O) groups excluding carboxylic acids is 1. The van der Waals surface area contributed by atoms with Gasteiger partial charge in [0.2, 0.25) is 0 Å². The molecule has 0 spiro atoms. The first kappa shape index (κ1) is 15.7. The smallest absolute Gasteiger partial charge is 0.341 e. The summed E-state index contributed by atoms with van der Waals surface area (Å²) in [5, 5.41) is 9.11. The molecule has 0 amide bonds. The number of aliphatic hydroxyl groups excluding tert-OH is 1. The summed E-state index contributed by atoms with van der Waals surface area (Å²) in [7, 11) is 1.37. The molecule has 0 bridgehead atoms. The van der Waals surface area contributed by atoms with Crippen LogP contribution in [-0.4, -0.2) is 24.3 Å². The van der Waals surface area contributed by atoms with E-state index in [-0.39, 0.29) is 5.97 Å². The van der Waals surface area contributed by atoms with Gasteiger partial charge in [-0.05, 0) is 32.3 Å². The number of unbranched alkanes of at least 4 members (excludes halogenated alkanes) is 1. The van der Waals surface area contributed by atoms with Crippen LogP contribution in [0.4, 0.5) is 0 Å². The van der Waals surface area contributed by atoms with Crippen LogP contribution in [0, 0.1) is 0 Å². The topological polar surface area (TPSA) is 46.5 Å². The van der Waals surface area contributed by atoms with Crippen molar-refractivity contribution in [3.05, 3.63) is 29.0 Å². The van der Waals surface area contributed by atoms with Gasteiger partial charge in [0, 0.05) is 0 Å². The van der Waals surface area contributed by atoms with E-state index < -0.39 is 6.10 Å². The highest BCUT2D eigenvalue weighted by Crippen LogP contribution is 2.09. The molecule has 0 aliphatic carbocycles. The Balaban J connectivity index is 4.98. The van der Waals surface area contributed by atoms with Crippen LogP contribution in [0.2, 0.25) is 0 Å². The van der Waals surface area contributed by atoms with Crippen molar-refractivity contribution in [1.29, 1.82) is 0 Å². The Morgan fingerprint density at radius 1 is 1.53 bits per heavy atom. The van der Waals surface area contributed by atoms with Crippen LogP contribution in [0.15, 0.2) is 29.0 Å². The number of esters is 1. The third kappa shape index (κ3) is 7.56. The predicted octanol–water partition coefficient (Wildman–Crippen LogP) is 2.76. The Morgan fingerprint density at radius 2 is 2.18 bits per heavy atom. The summed E-state index contributed by atoms with van der Waals surface area (Å²) in [5.41, 5.74) is 4.38. The van der Waals surface area contributed by atoms with E-state index in [0.29, 0.717) is 12.0 Å². The van der Waals surface area contributed by atoms with Crippen molar-refractivity contribution < 1.29 is 14.6 Å². The molecule has 0 unspecified atom stereocenters. The first-order chi connectivity index (χ1) is 8.01. The van der Waals surface area contributed by atoms with Crippen LogP contribution in [0.25, 0.3) is 0 Å².